The third kappa shape index (κ3) is 4.07. The molecule has 268 valence electrons. The molecule has 1 N–H and O–H groups in total. The predicted molar refractivity (Wildman–Crippen MR) is 231 cm³/mol. The van der Waals surface area contributed by atoms with E-state index >= 15 is 0 Å². The van der Waals surface area contributed by atoms with Gasteiger partial charge in [-0.25, -0.2) is 0 Å². The number of para-hydroxylation sites is 5. The van der Waals surface area contributed by atoms with Crippen LogP contribution in [0.4, 0.5) is 5.69 Å². The Balaban J connectivity index is 1.15. The molecule has 2 aliphatic carbocycles. The molecule has 2 aromatic heterocycles. The Morgan fingerprint density at radius 2 is 1.44 bits per heavy atom. The highest BCUT2D eigenvalue weighted by molar-refractivity contribution is 6.13. The highest BCUT2D eigenvalue weighted by Gasteiger charge is 2.52. The van der Waals surface area contributed by atoms with E-state index in [1.54, 1.807) is 0 Å². The number of rotatable bonds is 2. The first kappa shape index (κ1) is 31.0. The van der Waals surface area contributed by atoms with Crippen molar-refractivity contribution in [3.05, 3.63) is 209 Å². The summed E-state index contributed by atoms with van der Waals surface area (Å²) in [4.78, 5) is 0. The van der Waals surface area contributed by atoms with Gasteiger partial charge >= 0.3 is 0 Å². The molecule has 4 heterocycles. The van der Waals surface area contributed by atoms with Crippen molar-refractivity contribution in [2.24, 2.45) is 0 Å². The van der Waals surface area contributed by atoms with Gasteiger partial charge in [0.25, 0.3) is 0 Å². The van der Waals surface area contributed by atoms with Crippen LogP contribution in [0.5, 0.6) is 5.75 Å². The van der Waals surface area contributed by atoms with E-state index in [2.05, 4.69) is 179 Å². The second-order valence-electron chi connectivity index (χ2n) is 15.6. The Bertz CT molecular complexity index is 3370. The van der Waals surface area contributed by atoms with Gasteiger partial charge in [-0.2, -0.15) is 0 Å². The van der Waals surface area contributed by atoms with E-state index in [1.807, 2.05) is 6.07 Å². The summed E-state index contributed by atoms with van der Waals surface area (Å²) < 4.78 is 15.9. The van der Waals surface area contributed by atoms with Gasteiger partial charge in [-0.3, -0.25) is 0 Å². The summed E-state index contributed by atoms with van der Waals surface area (Å²) in [7, 11) is 0. The lowest BCUT2D eigenvalue weighted by atomic mass is 9.64. The quantitative estimate of drug-likeness (QED) is 0.180. The molecule has 0 bridgehead atoms. The number of hydrogen-bond acceptors (Lipinski definition) is 3. The second kappa shape index (κ2) is 11.4. The minimum atomic E-state index is -0.502. The van der Waals surface area contributed by atoms with Crippen LogP contribution in [0.15, 0.2) is 185 Å². The first-order valence-corrected chi connectivity index (χ1v) is 19.8. The molecule has 0 amide bonds. The number of hydrogen-bond donors (Lipinski definition) is 1. The molecule has 2 aliphatic heterocycles. The molecule has 0 fully saturated rings. The fourth-order valence-corrected chi connectivity index (χ4v) is 10.5. The number of fused-ring (bicyclic) bond motifs is 15. The standard InChI is InChI=1S/C53H34N2O2/c1-8-23-44-32(14-1)28-29-46(51(54-44)37-19-13-18-36-35-17-4-10-25-48(35)57-52(36)37)55-45-24-9-3-16-34(45)39-30-38-33-15-2-5-20-40(33)53(43(38)31-47(39)55)41-21-6-11-26-49(41)56-50-27-12-7-22-42(50)53/h1-6,8-21,23-28,30-31,51,54H,7,22H2. The van der Waals surface area contributed by atoms with Crippen LogP contribution < -0.4 is 10.1 Å². The van der Waals surface area contributed by atoms with Crippen LogP contribution in [0, 0.1) is 0 Å². The Labute approximate surface area is 328 Å². The minimum Gasteiger partial charge on any atom is -0.457 e. The molecule has 0 saturated heterocycles. The lowest BCUT2D eigenvalue weighted by Crippen LogP contribution is -2.35. The Morgan fingerprint density at radius 1 is 0.649 bits per heavy atom. The molecule has 2 atom stereocenters. The Hall–Kier alpha value is -7.26. The monoisotopic (exact) mass is 730 g/mol. The number of allylic oxidation sites excluding steroid dienone is 3. The normalized spacial score (nSPS) is 18.9. The number of aromatic nitrogens is 1. The lowest BCUT2D eigenvalue weighted by Gasteiger charge is -2.41. The van der Waals surface area contributed by atoms with Crippen molar-refractivity contribution in [1.82, 2.24) is 4.57 Å². The number of nitrogens with zero attached hydrogens (tertiary/aromatic N) is 1. The molecule has 57 heavy (non-hydrogen) atoms. The van der Waals surface area contributed by atoms with Gasteiger partial charge < -0.3 is 19.0 Å². The zero-order valence-electron chi connectivity index (χ0n) is 30.9. The highest BCUT2D eigenvalue weighted by Crippen LogP contribution is 2.62. The van der Waals surface area contributed by atoms with E-state index in [1.165, 1.54) is 44.2 Å². The largest absolute Gasteiger partial charge is 0.457 e. The van der Waals surface area contributed by atoms with Crippen molar-refractivity contribution >= 4 is 61.2 Å². The molecule has 13 rings (SSSR count). The third-order valence-corrected chi connectivity index (χ3v) is 12.8. The molecule has 7 aromatic carbocycles. The second-order valence-corrected chi connectivity index (χ2v) is 15.6. The van der Waals surface area contributed by atoms with Crippen LogP contribution in [0.2, 0.25) is 0 Å². The first-order valence-electron chi connectivity index (χ1n) is 19.8. The highest BCUT2D eigenvalue weighted by atomic mass is 16.5. The van der Waals surface area contributed by atoms with E-state index in [9.17, 15) is 0 Å². The number of anilines is 1. The molecule has 2 unspecified atom stereocenters. The summed E-state index contributed by atoms with van der Waals surface area (Å²) in [5.74, 6) is 1.89. The van der Waals surface area contributed by atoms with Gasteiger partial charge in [-0.15, -0.1) is 0 Å². The van der Waals surface area contributed by atoms with Crippen LogP contribution in [-0.4, -0.2) is 4.57 Å². The van der Waals surface area contributed by atoms with Crippen molar-refractivity contribution in [3.8, 4) is 16.9 Å². The van der Waals surface area contributed by atoms with Crippen molar-refractivity contribution < 1.29 is 9.15 Å². The molecule has 1 spiro atoms. The fraction of sp³-hybridized carbons (Fsp3) is 0.0755. The van der Waals surface area contributed by atoms with E-state index in [4.69, 9.17) is 9.15 Å². The zero-order chi connectivity index (χ0) is 37.2. The van der Waals surface area contributed by atoms with Gasteiger partial charge in [0.05, 0.1) is 22.1 Å². The summed E-state index contributed by atoms with van der Waals surface area (Å²) >= 11 is 0. The van der Waals surface area contributed by atoms with Crippen molar-refractivity contribution in [2.45, 2.75) is 24.3 Å². The summed E-state index contributed by atoms with van der Waals surface area (Å²) in [6.07, 6.45) is 8.49. The van der Waals surface area contributed by atoms with Crippen LogP contribution in [0.1, 0.15) is 46.7 Å². The average molecular weight is 731 g/mol. The molecule has 0 radical (unpaired) electrons. The number of benzene rings is 7. The van der Waals surface area contributed by atoms with Gasteiger partial charge in [-0.1, -0.05) is 127 Å². The van der Waals surface area contributed by atoms with Crippen LogP contribution in [0.25, 0.3) is 66.6 Å². The minimum absolute atomic E-state index is 0.297. The van der Waals surface area contributed by atoms with Gasteiger partial charge in [0.2, 0.25) is 0 Å². The number of furan rings is 1. The van der Waals surface area contributed by atoms with E-state index in [-0.39, 0.29) is 6.04 Å². The van der Waals surface area contributed by atoms with E-state index in [0.717, 1.165) is 79.8 Å². The number of nitrogens with one attached hydrogen (secondary N) is 1. The van der Waals surface area contributed by atoms with Crippen molar-refractivity contribution in [1.29, 1.82) is 0 Å². The maximum atomic E-state index is 6.74. The van der Waals surface area contributed by atoms with Crippen molar-refractivity contribution in [3.63, 3.8) is 0 Å². The fourth-order valence-electron chi connectivity index (χ4n) is 10.5. The van der Waals surface area contributed by atoms with Gasteiger partial charge in [0.1, 0.15) is 28.7 Å². The van der Waals surface area contributed by atoms with Gasteiger partial charge in [0.15, 0.2) is 0 Å². The smallest absolute Gasteiger partial charge is 0.141 e. The summed E-state index contributed by atoms with van der Waals surface area (Å²) in [6.45, 7) is 0. The molecule has 4 aliphatic rings. The molecule has 0 saturated carbocycles. The maximum Gasteiger partial charge on any atom is 0.141 e. The average Bonchev–Trinajstić information content (AvgIpc) is 3.84. The summed E-state index contributed by atoms with van der Waals surface area (Å²) in [5, 5.41) is 8.65. The van der Waals surface area contributed by atoms with Crippen LogP contribution in [-0.2, 0) is 5.41 Å². The van der Waals surface area contributed by atoms with Crippen molar-refractivity contribution in [2.75, 3.05) is 5.32 Å². The topological polar surface area (TPSA) is 39.3 Å². The molecule has 9 aromatic rings. The van der Waals surface area contributed by atoms with E-state index < -0.39 is 5.41 Å². The zero-order valence-corrected chi connectivity index (χ0v) is 30.9. The Morgan fingerprint density at radius 3 is 2.40 bits per heavy atom. The predicted octanol–water partition coefficient (Wildman–Crippen LogP) is 13.3. The van der Waals surface area contributed by atoms with E-state index in [0.29, 0.717) is 0 Å². The van der Waals surface area contributed by atoms with Crippen LogP contribution in [0.3, 0.4) is 0 Å². The third-order valence-electron chi connectivity index (χ3n) is 12.8. The molecular formula is C53H34N2O2. The molecule has 4 nitrogen and oxygen atoms in total. The first-order chi connectivity index (χ1) is 28.3. The molecule has 4 heteroatoms. The molecular weight excluding hydrogens is 697 g/mol. The maximum absolute atomic E-state index is 6.74. The summed E-state index contributed by atoms with van der Waals surface area (Å²) in [5.41, 5.74) is 19.4. The summed E-state index contributed by atoms with van der Waals surface area (Å²) in [6, 6.07) is 54.6. The Kier molecular flexibility index (Phi) is 6.20. The lowest BCUT2D eigenvalue weighted by molar-refractivity contribution is 0.389. The van der Waals surface area contributed by atoms with Gasteiger partial charge in [0, 0.05) is 43.9 Å². The SMILES string of the molecule is C1=Cc2ccccc2NC(c2cccc3c2oc2ccccc23)C=1n1c2ccccc2c2cc3c(cc21)C1(C2=C(C=CCC2)Oc2ccccc21)c1ccccc1-3. The number of ether oxygens (including phenoxy) is 1. The van der Waals surface area contributed by atoms with Gasteiger partial charge in [-0.05, 0) is 89.2 Å². The van der Waals surface area contributed by atoms with Crippen LogP contribution >= 0.6 is 0 Å².